The van der Waals surface area contributed by atoms with Gasteiger partial charge in [-0.25, -0.2) is 4.98 Å². The Kier molecular flexibility index (Phi) is 5.46. The van der Waals surface area contributed by atoms with Crippen molar-refractivity contribution in [1.82, 2.24) is 14.8 Å². The Balaban J connectivity index is 1.42. The molecule has 0 amide bonds. The molecular formula is C23H32N4. The number of anilines is 1. The fourth-order valence-electron chi connectivity index (χ4n) is 4.91. The van der Waals surface area contributed by atoms with Crippen LogP contribution in [0.25, 0.3) is 0 Å². The number of hydrogen-bond donors (Lipinski definition) is 0. The third-order valence-corrected chi connectivity index (χ3v) is 6.27. The second-order valence-corrected chi connectivity index (χ2v) is 8.48. The second kappa shape index (κ2) is 7.99. The molecule has 2 saturated heterocycles. The summed E-state index contributed by atoms with van der Waals surface area (Å²) in [6.45, 7) is 5.58. The Bertz CT molecular complexity index is 735. The highest BCUT2D eigenvalue weighted by Crippen LogP contribution is 2.40. The van der Waals surface area contributed by atoms with Gasteiger partial charge in [0.25, 0.3) is 0 Å². The van der Waals surface area contributed by atoms with E-state index in [0.29, 0.717) is 5.54 Å². The predicted octanol–water partition coefficient (Wildman–Crippen LogP) is 3.78. The highest BCUT2D eigenvalue weighted by atomic mass is 15.3. The molecule has 0 atom stereocenters. The van der Waals surface area contributed by atoms with Gasteiger partial charge in [-0.15, -0.1) is 0 Å². The summed E-state index contributed by atoms with van der Waals surface area (Å²) in [5.41, 5.74) is 3.27. The van der Waals surface area contributed by atoms with Crippen molar-refractivity contribution < 1.29 is 0 Å². The largest absolute Gasteiger partial charge is 0.356 e. The molecular weight excluding hydrogens is 332 g/mol. The van der Waals surface area contributed by atoms with Gasteiger partial charge in [0, 0.05) is 37.9 Å². The van der Waals surface area contributed by atoms with Crippen molar-refractivity contribution >= 4 is 5.82 Å². The molecule has 2 aliphatic heterocycles. The molecule has 0 N–H and O–H groups in total. The lowest BCUT2D eigenvalue weighted by Crippen LogP contribution is -2.52. The molecule has 144 valence electrons. The zero-order valence-corrected chi connectivity index (χ0v) is 16.8. The first-order chi connectivity index (χ1) is 13.1. The van der Waals surface area contributed by atoms with Crippen molar-refractivity contribution in [3.05, 3.63) is 59.8 Å². The number of nitrogens with zero attached hydrogens (tertiary/aromatic N) is 4. The molecule has 4 heteroatoms. The average molecular weight is 365 g/mol. The highest BCUT2D eigenvalue weighted by molar-refractivity contribution is 5.38. The molecule has 1 spiro atoms. The highest BCUT2D eigenvalue weighted by Gasteiger charge is 2.43. The number of likely N-dealkylation sites (tertiary alicyclic amines) is 1. The molecule has 1 aromatic carbocycles. The van der Waals surface area contributed by atoms with E-state index in [4.69, 9.17) is 0 Å². The van der Waals surface area contributed by atoms with Gasteiger partial charge in [-0.2, -0.15) is 0 Å². The minimum atomic E-state index is 0.392. The molecule has 27 heavy (non-hydrogen) atoms. The molecule has 0 aliphatic carbocycles. The van der Waals surface area contributed by atoms with E-state index in [0.717, 1.165) is 32.0 Å². The van der Waals surface area contributed by atoms with E-state index in [1.54, 1.807) is 0 Å². The van der Waals surface area contributed by atoms with Crippen molar-refractivity contribution in [3.8, 4) is 0 Å². The van der Waals surface area contributed by atoms with Crippen LogP contribution >= 0.6 is 0 Å². The third-order valence-electron chi connectivity index (χ3n) is 6.27. The Morgan fingerprint density at radius 1 is 0.963 bits per heavy atom. The maximum Gasteiger partial charge on any atom is 0.128 e. The lowest BCUT2D eigenvalue weighted by atomic mass is 9.84. The number of benzene rings is 1. The quantitative estimate of drug-likeness (QED) is 0.805. The van der Waals surface area contributed by atoms with Crippen molar-refractivity contribution in [2.24, 2.45) is 0 Å². The van der Waals surface area contributed by atoms with E-state index in [2.05, 4.69) is 70.2 Å². The maximum atomic E-state index is 4.55. The van der Waals surface area contributed by atoms with Crippen LogP contribution in [0.15, 0.2) is 48.7 Å². The van der Waals surface area contributed by atoms with Crippen LogP contribution in [0, 0.1) is 0 Å². The van der Waals surface area contributed by atoms with Gasteiger partial charge in [0.1, 0.15) is 5.82 Å². The van der Waals surface area contributed by atoms with Gasteiger partial charge in [0.15, 0.2) is 0 Å². The van der Waals surface area contributed by atoms with Crippen LogP contribution in [0.2, 0.25) is 0 Å². The normalized spacial score (nSPS) is 19.9. The number of piperidine rings is 1. The summed E-state index contributed by atoms with van der Waals surface area (Å²) < 4.78 is 0. The number of hydrogen-bond acceptors (Lipinski definition) is 4. The van der Waals surface area contributed by atoms with Gasteiger partial charge in [0.2, 0.25) is 0 Å². The molecule has 0 bridgehead atoms. The standard InChI is InChI=1S/C23H32N4/c1-25(2)18-20-7-5-8-21(17-20)19-27-14-6-10-23(27)11-15-26(16-12-23)22-9-3-4-13-24-22/h3-5,7-9,13,17H,6,10-12,14-16,18-19H2,1-2H3. The van der Waals surface area contributed by atoms with Crippen molar-refractivity contribution in [2.45, 2.75) is 44.3 Å². The molecule has 3 heterocycles. The van der Waals surface area contributed by atoms with Gasteiger partial charge in [-0.1, -0.05) is 30.3 Å². The summed E-state index contributed by atoms with van der Waals surface area (Å²) in [5, 5.41) is 0. The molecule has 4 rings (SSSR count). The number of aromatic nitrogens is 1. The summed E-state index contributed by atoms with van der Waals surface area (Å²) in [6, 6.07) is 15.4. The van der Waals surface area contributed by atoms with E-state index in [-0.39, 0.29) is 0 Å². The zero-order chi connectivity index (χ0) is 18.7. The van der Waals surface area contributed by atoms with Gasteiger partial charge in [-0.3, -0.25) is 4.90 Å². The number of pyridine rings is 1. The molecule has 2 aromatic rings. The Morgan fingerprint density at radius 2 is 1.78 bits per heavy atom. The summed E-state index contributed by atoms with van der Waals surface area (Å²) in [4.78, 5) is 12.0. The fraction of sp³-hybridized carbons (Fsp3) is 0.522. The van der Waals surface area contributed by atoms with Gasteiger partial charge >= 0.3 is 0 Å². The van der Waals surface area contributed by atoms with Crippen molar-refractivity contribution in [1.29, 1.82) is 0 Å². The predicted molar refractivity (Wildman–Crippen MR) is 112 cm³/mol. The molecule has 0 unspecified atom stereocenters. The van der Waals surface area contributed by atoms with Crippen LogP contribution in [-0.4, -0.2) is 54.1 Å². The van der Waals surface area contributed by atoms with Crippen LogP contribution < -0.4 is 4.90 Å². The maximum absolute atomic E-state index is 4.55. The summed E-state index contributed by atoms with van der Waals surface area (Å²) in [5.74, 6) is 1.13. The first-order valence-electron chi connectivity index (χ1n) is 10.3. The van der Waals surface area contributed by atoms with Gasteiger partial charge in [-0.05, 0) is 69.6 Å². The molecule has 2 fully saturated rings. The Morgan fingerprint density at radius 3 is 2.52 bits per heavy atom. The number of rotatable bonds is 5. The van der Waals surface area contributed by atoms with E-state index in [9.17, 15) is 0 Å². The minimum absolute atomic E-state index is 0.392. The van der Waals surface area contributed by atoms with Crippen LogP contribution in [0.3, 0.4) is 0 Å². The molecule has 0 saturated carbocycles. The fourth-order valence-corrected chi connectivity index (χ4v) is 4.91. The lowest BCUT2D eigenvalue weighted by Gasteiger charge is -2.45. The Labute approximate surface area is 163 Å². The minimum Gasteiger partial charge on any atom is -0.356 e. The summed E-state index contributed by atoms with van der Waals surface area (Å²) in [7, 11) is 4.27. The van der Waals surface area contributed by atoms with Gasteiger partial charge < -0.3 is 9.80 Å². The molecule has 0 radical (unpaired) electrons. The summed E-state index contributed by atoms with van der Waals surface area (Å²) >= 11 is 0. The van der Waals surface area contributed by atoms with Crippen LogP contribution in [-0.2, 0) is 13.1 Å². The van der Waals surface area contributed by atoms with Crippen LogP contribution in [0.1, 0.15) is 36.8 Å². The molecule has 4 nitrogen and oxygen atoms in total. The monoisotopic (exact) mass is 364 g/mol. The molecule has 2 aliphatic rings. The van der Waals surface area contributed by atoms with E-state index < -0.39 is 0 Å². The smallest absolute Gasteiger partial charge is 0.128 e. The third kappa shape index (κ3) is 4.17. The lowest BCUT2D eigenvalue weighted by molar-refractivity contribution is 0.0996. The SMILES string of the molecule is CN(C)Cc1cccc(CN2CCCC23CCN(c2ccccn2)CC3)c1. The first kappa shape index (κ1) is 18.5. The second-order valence-electron chi connectivity index (χ2n) is 8.48. The summed E-state index contributed by atoms with van der Waals surface area (Å²) in [6.07, 6.45) is 7.09. The van der Waals surface area contributed by atoms with Crippen molar-refractivity contribution in [3.63, 3.8) is 0 Å². The zero-order valence-electron chi connectivity index (χ0n) is 16.8. The topological polar surface area (TPSA) is 22.6 Å². The van der Waals surface area contributed by atoms with E-state index >= 15 is 0 Å². The average Bonchev–Trinajstić information content (AvgIpc) is 3.04. The van der Waals surface area contributed by atoms with Crippen LogP contribution in [0.5, 0.6) is 0 Å². The van der Waals surface area contributed by atoms with Gasteiger partial charge in [0.05, 0.1) is 0 Å². The van der Waals surface area contributed by atoms with Crippen LogP contribution in [0.4, 0.5) is 5.82 Å². The van der Waals surface area contributed by atoms with E-state index in [1.807, 2.05) is 12.3 Å². The Hall–Kier alpha value is -1.91. The first-order valence-corrected chi connectivity index (χ1v) is 10.3. The van der Waals surface area contributed by atoms with Crippen molar-refractivity contribution in [2.75, 3.05) is 38.6 Å². The molecule has 1 aromatic heterocycles. The van der Waals surface area contributed by atoms with E-state index in [1.165, 1.54) is 43.4 Å².